The highest BCUT2D eigenvalue weighted by molar-refractivity contribution is 6.31. The first-order chi connectivity index (χ1) is 11.6. The van der Waals surface area contributed by atoms with Gasteiger partial charge in [0.15, 0.2) is 0 Å². The second-order valence-electron chi connectivity index (χ2n) is 5.38. The molecule has 3 aromatic rings. The third-order valence-corrected chi connectivity index (χ3v) is 3.79. The van der Waals surface area contributed by atoms with Gasteiger partial charge in [0.05, 0.1) is 12.2 Å². The van der Waals surface area contributed by atoms with Gasteiger partial charge in [-0.05, 0) is 24.6 Å². The Kier molecular flexibility index (Phi) is 4.90. The van der Waals surface area contributed by atoms with Gasteiger partial charge in [-0.2, -0.15) is 5.10 Å². The Morgan fingerprint density at radius 1 is 1.21 bits per heavy atom. The summed E-state index contributed by atoms with van der Waals surface area (Å²) in [6, 6.07) is 9.44. The Morgan fingerprint density at radius 3 is 2.79 bits per heavy atom. The quantitative estimate of drug-likeness (QED) is 0.745. The average Bonchev–Trinajstić information content (AvgIpc) is 3.17. The highest BCUT2D eigenvalue weighted by Crippen LogP contribution is 2.15. The van der Waals surface area contributed by atoms with E-state index in [0.29, 0.717) is 24.5 Å². The van der Waals surface area contributed by atoms with Gasteiger partial charge in [0.25, 0.3) is 0 Å². The number of nitrogens with zero attached hydrogens (tertiary/aromatic N) is 5. The van der Waals surface area contributed by atoms with E-state index in [1.165, 1.54) is 0 Å². The van der Waals surface area contributed by atoms with Crippen molar-refractivity contribution < 1.29 is 4.79 Å². The third kappa shape index (κ3) is 4.20. The molecule has 0 aliphatic heterocycles. The van der Waals surface area contributed by atoms with Crippen LogP contribution in [0.25, 0.3) is 0 Å². The molecular weight excluding hydrogens is 328 g/mol. The van der Waals surface area contributed by atoms with Gasteiger partial charge >= 0.3 is 0 Å². The van der Waals surface area contributed by atoms with E-state index in [1.54, 1.807) is 15.7 Å². The molecule has 2 aromatic heterocycles. The van der Waals surface area contributed by atoms with E-state index < -0.39 is 0 Å². The maximum atomic E-state index is 12.0. The lowest BCUT2D eigenvalue weighted by molar-refractivity contribution is -0.116. The molecule has 1 N–H and O–H groups in total. The molecular formula is C16H17ClN6O. The number of nitrogens with one attached hydrogen (secondary N) is 1. The maximum Gasteiger partial charge on any atom is 0.248 e. The molecule has 1 amide bonds. The van der Waals surface area contributed by atoms with E-state index in [4.69, 9.17) is 11.6 Å². The van der Waals surface area contributed by atoms with Crippen LogP contribution in [0.5, 0.6) is 0 Å². The Hall–Kier alpha value is -2.67. The lowest BCUT2D eigenvalue weighted by Crippen LogP contribution is -2.16. The standard InChI is InChI=1S/C16H17ClN6O/c1-12-6-8-22(20-12)9-7-15(24)19-16-18-11-23(21-16)10-13-4-2-3-5-14(13)17/h2-6,8,11H,7,9-10H2,1H3,(H,19,21,24). The lowest BCUT2D eigenvalue weighted by Gasteiger charge is -2.03. The SMILES string of the molecule is Cc1ccn(CCC(=O)Nc2ncn(Cc3ccccc3Cl)n2)n1. The fourth-order valence-corrected chi connectivity index (χ4v) is 2.42. The molecule has 0 aliphatic carbocycles. The summed E-state index contributed by atoms with van der Waals surface area (Å²) >= 11 is 6.13. The number of anilines is 1. The molecule has 2 heterocycles. The summed E-state index contributed by atoms with van der Waals surface area (Å²) in [5, 5.41) is 11.8. The lowest BCUT2D eigenvalue weighted by atomic mass is 10.2. The van der Waals surface area contributed by atoms with Crippen LogP contribution in [0.15, 0.2) is 42.9 Å². The molecule has 3 rings (SSSR count). The maximum absolute atomic E-state index is 12.0. The molecule has 0 unspecified atom stereocenters. The van der Waals surface area contributed by atoms with Gasteiger partial charge in [0.2, 0.25) is 11.9 Å². The van der Waals surface area contributed by atoms with Crippen molar-refractivity contribution in [3.8, 4) is 0 Å². The number of carbonyl (C=O) groups is 1. The van der Waals surface area contributed by atoms with Crippen molar-refractivity contribution in [2.75, 3.05) is 5.32 Å². The smallest absolute Gasteiger partial charge is 0.248 e. The highest BCUT2D eigenvalue weighted by atomic mass is 35.5. The number of aromatic nitrogens is 5. The van der Waals surface area contributed by atoms with Gasteiger partial charge < -0.3 is 0 Å². The summed E-state index contributed by atoms with van der Waals surface area (Å²) in [6.07, 6.45) is 3.72. The minimum Gasteiger partial charge on any atom is -0.293 e. The van der Waals surface area contributed by atoms with Crippen molar-refractivity contribution in [2.45, 2.75) is 26.4 Å². The molecule has 0 spiro atoms. The Balaban J connectivity index is 1.53. The molecule has 0 saturated heterocycles. The van der Waals surface area contributed by atoms with Crippen molar-refractivity contribution >= 4 is 23.5 Å². The topological polar surface area (TPSA) is 77.6 Å². The van der Waals surface area contributed by atoms with Crippen LogP contribution in [0.4, 0.5) is 5.95 Å². The van der Waals surface area contributed by atoms with E-state index in [1.807, 2.05) is 43.5 Å². The normalized spacial score (nSPS) is 10.8. The number of aryl methyl sites for hydroxylation is 2. The summed E-state index contributed by atoms with van der Waals surface area (Å²) in [6.45, 7) is 2.92. The van der Waals surface area contributed by atoms with Gasteiger partial charge in [-0.25, -0.2) is 9.67 Å². The monoisotopic (exact) mass is 344 g/mol. The number of halogens is 1. The highest BCUT2D eigenvalue weighted by Gasteiger charge is 2.08. The Bertz CT molecular complexity index is 840. The molecule has 0 bridgehead atoms. The number of rotatable bonds is 6. The van der Waals surface area contributed by atoms with Gasteiger partial charge in [-0.1, -0.05) is 29.8 Å². The molecule has 0 atom stereocenters. The molecule has 8 heteroatoms. The second kappa shape index (κ2) is 7.27. The molecule has 0 aliphatic rings. The zero-order chi connectivity index (χ0) is 16.9. The molecule has 24 heavy (non-hydrogen) atoms. The zero-order valence-electron chi connectivity index (χ0n) is 13.2. The van der Waals surface area contributed by atoms with E-state index in [0.717, 1.165) is 11.3 Å². The fraction of sp³-hybridized carbons (Fsp3) is 0.250. The predicted octanol–water partition coefficient (Wildman–Crippen LogP) is 2.51. The minimum atomic E-state index is -0.154. The third-order valence-electron chi connectivity index (χ3n) is 3.42. The van der Waals surface area contributed by atoms with E-state index >= 15 is 0 Å². The average molecular weight is 345 g/mol. The number of amides is 1. The van der Waals surface area contributed by atoms with Crippen LogP contribution in [-0.4, -0.2) is 30.5 Å². The fourth-order valence-electron chi connectivity index (χ4n) is 2.22. The summed E-state index contributed by atoms with van der Waals surface area (Å²) in [5.74, 6) is 0.127. The van der Waals surface area contributed by atoms with E-state index in [9.17, 15) is 4.79 Å². The molecule has 7 nitrogen and oxygen atoms in total. The van der Waals surface area contributed by atoms with Crippen molar-refractivity contribution in [3.05, 3.63) is 59.1 Å². The van der Waals surface area contributed by atoms with Gasteiger partial charge in [-0.3, -0.25) is 14.8 Å². The van der Waals surface area contributed by atoms with Crippen molar-refractivity contribution in [3.63, 3.8) is 0 Å². The van der Waals surface area contributed by atoms with Crippen LogP contribution in [-0.2, 0) is 17.9 Å². The van der Waals surface area contributed by atoms with Crippen LogP contribution >= 0.6 is 11.6 Å². The number of carbonyl (C=O) groups excluding carboxylic acids is 1. The molecule has 124 valence electrons. The molecule has 0 fully saturated rings. The summed E-state index contributed by atoms with van der Waals surface area (Å²) in [7, 11) is 0. The Labute approximate surface area is 144 Å². The van der Waals surface area contributed by atoms with Crippen LogP contribution in [0, 0.1) is 6.92 Å². The largest absolute Gasteiger partial charge is 0.293 e. The summed E-state index contributed by atoms with van der Waals surface area (Å²) < 4.78 is 3.37. The van der Waals surface area contributed by atoms with Gasteiger partial charge in [0.1, 0.15) is 6.33 Å². The zero-order valence-corrected chi connectivity index (χ0v) is 13.9. The number of hydrogen-bond acceptors (Lipinski definition) is 4. The van der Waals surface area contributed by atoms with Crippen LogP contribution < -0.4 is 5.32 Å². The minimum absolute atomic E-state index is 0.154. The first-order valence-corrected chi connectivity index (χ1v) is 7.91. The first-order valence-electron chi connectivity index (χ1n) is 7.53. The Morgan fingerprint density at radius 2 is 2.04 bits per heavy atom. The van der Waals surface area contributed by atoms with Crippen molar-refractivity contribution in [2.24, 2.45) is 0 Å². The number of hydrogen-bond donors (Lipinski definition) is 1. The molecule has 1 aromatic carbocycles. The molecule has 0 radical (unpaired) electrons. The van der Waals surface area contributed by atoms with E-state index in [-0.39, 0.29) is 11.9 Å². The molecule has 0 saturated carbocycles. The second-order valence-corrected chi connectivity index (χ2v) is 5.78. The predicted molar refractivity (Wildman–Crippen MR) is 90.8 cm³/mol. The first kappa shape index (κ1) is 16.2. The van der Waals surface area contributed by atoms with Gasteiger partial charge in [-0.15, -0.1) is 5.10 Å². The van der Waals surface area contributed by atoms with E-state index in [2.05, 4.69) is 20.5 Å². The van der Waals surface area contributed by atoms with Crippen LogP contribution in [0.1, 0.15) is 17.7 Å². The van der Waals surface area contributed by atoms with Crippen molar-refractivity contribution in [1.29, 1.82) is 0 Å². The van der Waals surface area contributed by atoms with Crippen LogP contribution in [0.3, 0.4) is 0 Å². The van der Waals surface area contributed by atoms with Crippen LogP contribution in [0.2, 0.25) is 5.02 Å². The summed E-state index contributed by atoms with van der Waals surface area (Å²) in [5.41, 5.74) is 1.87. The van der Waals surface area contributed by atoms with Crippen molar-refractivity contribution in [1.82, 2.24) is 24.5 Å². The summed E-state index contributed by atoms with van der Waals surface area (Å²) in [4.78, 5) is 16.0. The number of benzene rings is 1. The van der Waals surface area contributed by atoms with Gasteiger partial charge in [0, 0.05) is 24.2 Å².